The second-order valence-electron chi connectivity index (χ2n) is 7.72. The quantitative estimate of drug-likeness (QED) is 0.223. The molecule has 0 aliphatic carbocycles. The first-order valence-electron chi connectivity index (χ1n) is 11.2. The number of hydrogen-bond donors (Lipinski definition) is 0. The number of thiophene rings is 1. The highest BCUT2D eigenvalue weighted by atomic mass is 32.1. The van der Waals surface area contributed by atoms with Gasteiger partial charge in [0.05, 0.1) is 23.4 Å². The Morgan fingerprint density at radius 1 is 0.839 bits per heavy atom. The van der Waals surface area contributed by atoms with Crippen molar-refractivity contribution in [3.8, 4) is 38.9 Å². The van der Waals surface area contributed by atoms with Crippen molar-refractivity contribution in [3.05, 3.63) is 72.3 Å². The summed E-state index contributed by atoms with van der Waals surface area (Å²) in [5.41, 5.74) is 4.06. The molecule has 0 saturated heterocycles. The van der Waals surface area contributed by atoms with Crippen molar-refractivity contribution in [2.45, 2.75) is 45.4 Å². The lowest BCUT2D eigenvalue weighted by atomic mass is 10.0. The highest BCUT2D eigenvalue weighted by Gasteiger charge is 2.11. The van der Waals surface area contributed by atoms with Gasteiger partial charge in [-0.05, 0) is 65.4 Å². The summed E-state index contributed by atoms with van der Waals surface area (Å²) >= 11 is 1.69. The Kier molecular flexibility index (Phi) is 7.56. The van der Waals surface area contributed by atoms with Crippen molar-refractivity contribution in [3.63, 3.8) is 0 Å². The molecule has 4 rings (SSSR count). The Morgan fingerprint density at radius 3 is 2.39 bits per heavy atom. The number of ether oxygens (including phenoxy) is 1. The highest BCUT2D eigenvalue weighted by Crippen LogP contribution is 2.32. The van der Waals surface area contributed by atoms with Crippen LogP contribution in [0, 0.1) is 0 Å². The summed E-state index contributed by atoms with van der Waals surface area (Å²) in [4.78, 5) is 5.98. The molecule has 0 unspecified atom stereocenters. The number of furan rings is 1. The smallest absolute Gasteiger partial charge is 0.152 e. The van der Waals surface area contributed by atoms with Crippen LogP contribution < -0.4 is 4.74 Å². The second kappa shape index (κ2) is 11.0. The SMILES string of the molecule is CCCCCCCCOc1ccc(-c2cc(-c3ccco3)nc(-c3cccs3)c2)cc1. The van der Waals surface area contributed by atoms with Crippen molar-refractivity contribution in [2.75, 3.05) is 6.61 Å². The second-order valence-corrected chi connectivity index (χ2v) is 8.67. The topological polar surface area (TPSA) is 35.3 Å². The van der Waals surface area contributed by atoms with Crippen molar-refractivity contribution in [1.82, 2.24) is 4.98 Å². The van der Waals surface area contributed by atoms with Gasteiger partial charge in [0.2, 0.25) is 0 Å². The molecule has 0 atom stereocenters. The lowest BCUT2D eigenvalue weighted by Crippen LogP contribution is -1.97. The fraction of sp³-hybridized carbons (Fsp3) is 0.296. The van der Waals surface area contributed by atoms with Gasteiger partial charge in [0, 0.05) is 0 Å². The third-order valence-corrected chi connectivity index (χ3v) is 6.22. The molecular formula is C27H29NO2S. The van der Waals surface area contributed by atoms with Crippen LogP contribution in [0.2, 0.25) is 0 Å². The standard InChI is InChI=1S/C27H29NO2S/c1-2-3-4-5-6-7-16-29-23-14-12-21(13-15-23)22-19-24(26-10-8-17-30-26)28-25(20-22)27-11-9-18-31-27/h8-15,17-20H,2-7,16H2,1H3. The van der Waals surface area contributed by atoms with E-state index in [1.165, 1.54) is 32.1 Å². The largest absolute Gasteiger partial charge is 0.494 e. The van der Waals surface area contributed by atoms with Crippen molar-refractivity contribution in [2.24, 2.45) is 0 Å². The van der Waals surface area contributed by atoms with E-state index in [0.29, 0.717) is 0 Å². The zero-order valence-electron chi connectivity index (χ0n) is 18.0. The van der Waals surface area contributed by atoms with Gasteiger partial charge in [-0.15, -0.1) is 11.3 Å². The predicted molar refractivity (Wildman–Crippen MR) is 130 cm³/mol. The number of aromatic nitrogens is 1. The molecule has 31 heavy (non-hydrogen) atoms. The molecule has 0 N–H and O–H groups in total. The Labute approximate surface area is 188 Å². The van der Waals surface area contributed by atoms with Crippen LogP contribution >= 0.6 is 11.3 Å². The molecule has 3 aromatic heterocycles. The van der Waals surface area contributed by atoms with E-state index in [-0.39, 0.29) is 0 Å². The number of nitrogens with zero attached hydrogens (tertiary/aromatic N) is 1. The van der Waals surface area contributed by atoms with Crippen LogP contribution in [0.5, 0.6) is 5.75 Å². The monoisotopic (exact) mass is 431 g/mol. The number of rotatable bonds is 11. The van der Waals surface area contributed by atoms with E-state index < -0.39 is 0 Å². The van der Waals surface area contributed by atoms with Gasteiger partial charge in [-0.2, -0.15) is 0 Å². The van der Waals surface area contributed by atoms with E-state index in [4.69, 9.17) is 14.1 Å². The van der Waals surface area contributed by atoms with E-state index >= 15 is 0 Å². The van der Waals surface area contributed by atoms with Gasteiger partial charge >= 0.3 is 0 Å². The Balaban J connectivity index is 1.46. The molecule has 0 aliphatic heterocycles. The average Bonchev–Trinajstić information content (AvgIpc) is 3.53. The minimum absolute atomic E-state index is 0.776. The normalized spacial score (nSPS) is 11.0. The van der Waals surface area contributed by atoms with E-state index in [1.54, 1.807) is 17.6 Å². The summed E-state index contributed by atoms with van der Waals surface area (Å²) in [6.07, 6.45) is 9.33. The summed E-state index contributed by atoms with van der Waals surface area (Å²) in [7, 11) is 0. The molecule has 4 aromatic rings. The Morgan fingerprint density at radius 2 is 1.65 bits per heavy atom. The van der Waals surface area contributed by atoms with Crippen molar-refractivity contribution >= 4 is 11.3 Å². The van der Waals surface area contributed by atoms with Crippen LogP contribution in [0.4, 0.5) is 0 Å². The number of pyridine rings is 1. The van der Waals surface area contributed by atoms with E-state index in [9.17, 15) is 0 Å². The van der Waals surface area contributed by atoms with Crippen molar-refractivity contribution in [1.29, 1.82) is 0 Å². The van der Waals surface area contributed by atoms with Gasteiger partial charge in [0.15, 0.2) is 5.76 Å². The maximum Gasteiger partial charge on any atom is 0.152 e. The first-order chi connectivity index (χ1) is 15.3. The van der Waals surface area contributed by atoms with Crippen LogP contribution in [0.1, 0.15) is 45.4 Å². The fourth-order valence-corrected chi connectivity index (χ4v) is 4.30. The van der Waals surface area contributed by atoms with Crippen LogP contribution in [-0.2, 0) is 0 Å². The molecule has 3 nitrogen and oxygen atoms in total. The molecule has 0 fully saturated rings. The predicted octanol–water partition coefficient (Wildman–Crippen LogP) is 8.48. The van der Waals surface area contributed by atoms with Gasteiger partial charge in [-0.3, -0.25) is 0 Å². The number of unbranched alkanes of at least 4 members (excludes halogenated alkanes) is 5. The molecule has 0 amide bonds. The van der Waals surface area contributed by atoms with Crippen LogP contribution in [0.3, 0.4) is 0 Å². The van der Waals surface area contributed by atoms with Crippen molar-refractivity contribution < 1.29 is 9.15 Å². The van der Waals surface area contributed by atoms with E-state index in [0.717, 1.165) is 51.9 Å². The van der Waals surface area contributed by atoms with E-state index in [2.05, 4.69) is 60.8 Å². The van der Waals surface area contributed by atoms with Crippen LogP contribution in [0.25, 0.3) is 33.2 Å². The summed E-state index contributed by atoms with van der Waals surface area (Å²) in [5.74, 6) is 1.70. The molecule has 0 saturated carbocycles. The molecule has 0 radical (unpaired) electrons. The zero-order chi connectivity index (χ0) is 21.3. The summed E-state index contributed by atoms with van der Waals surface area (Å²) < 4.78 is 11.6. The maximum atomic E-state index is 5.94. The van der Waals surface area contributed by atoms with Gasteiger partial charge < -0.3 is 9.15 Å². The molecule has 4 heteroatoms. The van der Waals surface area contributed by atoms with Gasteiger partial charge in [0.25, 0.3) is 0 Å². The Bertz CT molecular complexity index is 985. The first-order valence-corrected chi connectivity index (χ1v) is 12.0. The third kappa shape index (κ3) is 5.86. The maximum absolute atomic E-state index is 5.94. The molecule has 0 spiro atoms. The Hall–Kier alpha value is -2.85. The fourth-order valence-electron chi connectivity index (χ4n) is 3.61. The lowest BCUT2D eigenvalue weighted by molar-refractivity contribution is 0.304. The molecular weight excluding hydrogens is 402 g/mol. The summed E-state index contributed by atoms with van der Waals surface area (Å²) in [6, 6.07) is 20.6. The van der Waals surface area contributed by atoms with E-state index in [1.807, 2.05) is 12.1 Å². The zero-order valence-corrected chi connectivity index (χ0v) is 18.9. The molecule has 0 aliphatic rings. The summed E-state index contributed by atoms with van der Waals surface area (Å²) in [6.45, 7) is 3.03. The van der Waals surface area contributed by atoms with Crippen LogP contribution in [-0.4, -0.2) is 11.6 Å². The van der Waals surface area contributed by atoms with Crippen LogP contribution in [0.15, 0.2) is 76.7 Å². The molecule has 3 heterocycles. The minimum atomic E-state index is 0.776. The number of benzene rings is 1. The van der Waals surface area contributed by atoms with Gasteiger partial charge in [0.1, 0.15) is 11.4 Å². The summed E-state index contributed by atoms with van der Waals surface area (Å²) in [5, 5.41) is 2.08. The highest BCUT2D eigenvalue weighted by molar-refractivity contribution is 7.13. The molecule has 0 bridgehead atoms. The minimum Gasteiger partial charge on any atom is -0.494 e. The molecule has 1 aromatic carbocycles. The molecule has 160 valence electrons. The third-order valence-electron chi connectivity index (χ3n) is 5.33. The van der Waals surface area contributed by atoms with Gasteiger partial charge in [-0.25, -0.2) is 4.98 Å². The average molecular weight is 432 g/mol. The lowest BCUT2D eigenvalue weighted by Gasteiger charge is -2.10. The van der Waals surface area contributed by atoms with Gasteiger partial charge in [-0.1, -0.05) is 57.2 Å². The number of hydrogen-bond acceptors (Lipinski definition) is 4. The first kappa shape index (κ1) is 21.4.